The number of hydrogen-bond acceptors (Lipinski definition) is 3. The molecule has 0 aliphatic heterocycles. The van der Waals surface area contributed by atoms with Crippen LogP contribution >= 0.6 is 0 Å². The molecule has 2 rings (SSSR count). The van der Waals surface area contributed by atoms with Gasteiger partial charge >= 0.3 is 12.1 Å². The van der Waals surface area contributed by atoms with Crippen LogP contribution in [-0.2, 0) is 21.4 Å². The van der Waals surface area contributed by atoms with Gasteiger partial charge in [0, 0.05) is 25.0 Å². The third kappa shape index (κ3) is 3.86. The number of esters is 1. The molecule has 0 radical (unpaired) electrons. The maximum Gasteiger partial charge on any atom is 0.412 e. The van der Waals surface area contributed by atoms with E-state index in [1.165, 1.54) is 30.1 Å². The first-order valence-corrected chi connectivity index (χ1v) is 7.31. The number of aryl methyl sites for hydroxylation is 1. The van der Waals surface area contributed by atoms with Gasteiger partial charge in [0.05, 0.1) is 18.9 Å². The summed E-state index contributed by atoms with van der Waals surface area (Å²) in [4.78, 5) is 23.9. The van der Waals surface area contributed by atoms with Crippen LogP contribution in [0.15, 0.2) is 18.5 Å². The van der Waals surface area contributed by atoms with Crippen molar-refractivity contribution in [2.45, 2.75) is 31.5 Å². The van der Waals surface area contributed by atoms with Crippen molar-refractivity contribution in [2.24, 2.45) is 18.9 Å². The normalized spacial score (nSPS) is 22.7. The van der Waals surface area contributed by atoms with Crippen molar-refractivity contribution < 1.29 is 27.5 Å². The van der Waals surface area contributed by atoms with Gasteiger partial charge in [-0.3, -0.25) is 9.59 Å². The number of methoxy groups -OCH3 is 1. The third-order valence-electron chi connectivity index (χ3n) is 4.16. The van der Waals surface area contributed by atoms with E-state index in [0.717, 1.165) is 0 Å². The standard InChI is InChI=1S/C15H19F3N2O3/c1-20-7-6-9(8-20)12(15(16,17)18)19-13(21)10-4-3-5-11(10)14(22)23-2/h6-8,10-12H,3-5H2,1-2H3,(H,19,21)/t10-,11-,12-/m1/s1. The van der Waals surface area contributed by atoms with Crippen LogP contribution in [0, 0.1) is 11.8 Å². The van der Waals surface area contributed by atoms with Gasteiger partial charge in [0.1, 0.15) is 0 Å². The molecule has 1 aromatic rings. The molecule has 1 saturated carbocycles. The van der Waals surface area contributed by atoms with Crippen LogP contribution < -0.4 is 5.32 Å². The van der Waals surface area contributed by atoms with Gasteiger partial charge < -0.3 is 14.6 Å². The zero-order valence-electron chi connectivity index (χ0n) is 12.9. The number of amides is 1. The van der Waals surface area contributed by atoms with E-state index in [9.17, 15) is 22.8 Å². The molecule has 0 bridgehead atoms. The van der Waals surface area contributed by atoms with Crippen molar-refractivity contribution in [3.63, 3.8) is 0 Å². The number of halogens is 3. The van der Waals surface area contributed by atoms with Crippen LogP contribution in [0.25, 0.3) is 0 Å². The van der Waals surface area contributed by atoms with Crippen molar-refractivity contribution in [3.05, 3.63) is 24.0 Å². The summed E-state index contributed by atoms with van der Waals surface area (Å²) in [6.45, 7) is 0. The molecule has 128 valence electrons. The molecule has 1 aromatic heterocycles. The van der Waals surface area contributed by atoms with Gasteiger partial charge in [-0.1, -0.05) is 6.42 Å². The second kappa shape index (κ2) is 6.64. The Morgan fingerprint density at radius 3 is 2.52 bits per heavy atom. The molecule has 0 unspecified atom stereocenters. The summed E-state index contributed by atoms with van der Waals surface area (Å²) in [6, 6.07) is -0.777. The zero-order chi connectivity index (χ0) is 17.2. The second-order valence-electron chi connectivity index (χ2n) is 5.76. The number of ether oxygens (including phenoxy) is 1. The smallest absolute Gasteiger partial charge is 0.412 e. The molecule has 1 fully saturated rings. The Bertz CT molecular complexity index is 583. The Morgan fingerprint density at radius 2 is 2.00 bits per heavy atom. The Balaban J connectivity index is 2.16. The van der Waals surface area contributed by atoms with E-state index in [4.69, 9.17) is 0 Å². The van der Waals surface area contributed by atoms with Gasteiger partial charge in [-0.05, 0) is 18.9 Å². The number of aromatic nitrogens is 1. The number of alkyl halides is 3. The highest BCUT2D eigenvalue weighted by Crippen LogP contribution is 2.36. The van der Waals surface area contributed by atoms with Crippen LogP contribution in [0.5, 0.6) is 0 Å². The average molecular weight is 332 g/mol. The Hall–Kier alpha value is -1.99. The summed E-state index contributed by atoms with van der Waals surface area (Å²) in [5.41, 5.74) is -0.0408. The number of nitrogens with one attached hydrogen (secondary N) is 1. The molecule has 1 amide bonds. The predicted octanol–water partition coefficient (Wildman–Crippen LogP) is 2.33. The van der Waals surface area contributed by atoms with Crippen molar-refractivity contribution in [2.75, 3.05) is 7.11 Å². The minimum atomic E-state index is -4.61. The SMILES string of the molecule is COC(=O)[C@@H]1CCC[C@H]1C(=O)N[C@H](c1ccn(C)c1)C(F)(F)F. The van der Waals surface area contributed by atoms with E-state index >= 15 is 0 Å². The molecule has 1 heterocycles. The lowest BCUT2D eigenvalue weighted by molar-refractivity contribution is -0.165. The Morgan fingerprint density at radius 1 is 1.35 bits per heavy atom. The topological polar surface area (TPSA) is 60.3 Å². The number of rotatable bonds is 4. The summed E-state index contributed by atoms with van der Waals surface area (Å²) >= 11 is 0. The monoisotopic (exact) mass is 332 g/mol. The van der Waals surface area contributed by atoms with Gasteiger partial charge in [0.25, 0.3) is 0 Å². The van der Waals surface area contributed by atoms with Crippen LogP contribution in [0.4, 0.5) is 13.2 Å². The van der Waals surface area contributed by atoms with Crippen LogP contribution in [0.2, 0.25) is 0 Å². The summed E-state index contributed by atoms with van der Waals surface area (Å²) in [7, 11) is 2.81. The minimum absolute atomic E-state index is 0.0408. The third-order valence-corrected chi connectivity index (χ3v) is 4.16. The van der Waals surface area contributed by atoms with Crippen LogP contribution in [0.1, 0.15) is 30.9 Å². The van der Waals surface area contributed by atoms with Gasteiger partial charge in [-0.25, -0.2) is 0 Å². The maximum atomic E-state index is 13.3. The number of nitrogens with zero attached hydrogens (tertiary/aromatic N) is 1. The van der Waals surface area contributed by atoms with E-state index in [1.807, 2.05) is 0 Å². The lowest BCUT2D eigenvalue weighted by Crippen LogP contribution is -2.42. The highest BCUT2D eigenvalue weighted by atomic mass is 19.4. The molecular weight excluding hydrogens is 313 g/mol. The molecular formula is C15H19F3N2O3. The van der Waals surface area contributed by atoms with E-state index in [2.05, 4.69) is 10.1 Å². The first-order chi connectivity index (χ1) is 10.7. The fraction of sp³-hybridized carbons (Fsp3) is 0.600. The first kappa shape index (κ1) is 17.4. The quantitative estimate of drug-likeness (QED) is 0.861. The average Bonchev–Trinajstić information content (AvgIpc) is 3.11. The summed E-state index contributed by atoms with van der Waals surface area (Å²) in [5.74, 6) is -2.77. The lowest BCUT2D eigenvalue weighted by atomic mass is 9.94. The van der Waals surface area contributed by atoms with Crippen molar-refractivity contribution in [3.8, 4) is 0 Å². The molecule has 1 aliphatic carbocycles. The zero-order valence-corrected chi connectivity index (χ0v) is 12.9. The fourth-order valence-corrected chi connectivity index (χ4v) is 3.01. The van der Waals surface area contributed by atoms with E-state index in [-0.39, 0.29) is 5.56 Å². The lowest BCUT2D eigenvalue weighted by Gasteiger charge is -2.24. The number of hydrogen-bond donors (Lipinski definition) is 1. The number of carbonyl (C=O) groups is 2. The van der Waals surface area contributed by atoms with Crippen molar-refractivity contribution in [1.29, 1.82) is 0 Å². The van der Waals surface area contributed by atoms with E-state index < -0.39 is 35.9 Å². The van der Waals surface area contributed by atoms with Gasteiger partial charge in [0.15, 0.2) is 6.04 Å². The number of carbonyl (C=O) groups excluding carboxylic acids is 2. The summed E-state index contributed by atoms with van der Waals surface area (Å²) in [5, 5.41) is 2.05. The highest BCUT2D eigenvalue weighted by molar-refractivity contribution is 5.86. The highest BCUT2D eigenvalue weighted by Gasteiger charge is 2.45. The van der Waals surface area contributed by atoms with Gasteiger partial charge in [-0.15, -0.1) is 0 Å². The molecule has 1 N–H and O–H groups in total. The van der Waals surface area contributed by atoms with E-state index in [1.54, 1.807) is 7.05 Å². The summed E-state index contributed by atoms with van der Waals surface area (Å²) in [6.07, 6.45) is -0.383. The van der Waals surface area contributed by atoms with Gasteiger partial charge in [0.2, 0.25) is 5.91 Å². The molecule has 3 atom stereocenters. The van der Waals surface area contributed by atoms with Crippen LogP contribution in [-0.4, -0.2) is 29.7 Å². The largest absolute Gasteiger partial charge is 0.469 e. The van der Waals surface area contributed by atoms with Gasteiger partial charge in [-0.2, -0.15) is 13.2 Å². The molecule has 0 saturated heterocycles. The fourth-order valence-electron chi connectivity index (χ4n) is 3.01. The molecule has 5 nitrogen and oxygen atoms in total. The maximum absolute atomic E-state index is 13.3. The molecule has 0 aromatic carbocycles. The molecule has 23 heavy (non-hydrogen) atoms. The minimum Gasteiger partial charge on any atom is -0.469 e. The van der Waals surface area contributed by atoms with Crippen molar-refractivity contribution in [1.82, 2.24) is 9.88 Å². The molecule has 1 aliphatic rings. The predicted molar refractivity (Wildman–Crippen MR) is 75.2 cm³/mol. The Labute approximate surface area is 131 Å². The molecule has 8 heteroatoms. The first-order valence-electron chi connectivity index (χ1n) is 7.31. The summed E-state index contributed by atoms with van der Waals surface area (Å²) < 4.78 is 45.9. The van der Waals surface area contributed by atoms with Crippen LogP contribution in [0.3, 0.4) is 0 Å². The second-order valence-corrected chi connectivity index (χ2v) is 5.76. The molecule has 0 spiro atoms. The Kier molecular flexibility index (Phi) is 5.01. The van der Waals surface area contributed by atoms with E-state index in [0.29, 0.717) is 19.3 Å². The van der Waals surface area contributed by atoms with Crippen molar-refractivity contribution >= 4 is 11.9 Å².